The number of aromatic nitrogens is 2. The van der Waals surface area contributed by atoms with Crippen molar-refractivity contribution in [3.63, 3.8) is 0 Å². The highest BCUT2D eigenvalue weighted by Gasteiger charge is 2.13. The number of rotatable bonds is 3. The van der Waals surface area contributed by atoms with E-state index in [1.807, 2.05) is 0 Å². The van der Waals surface area contributed by atoms with Crippen molar-refractivity contribution in [1.29, 1.82) is 0 Å². The van der Waals surface area contributed by atoms with Crippen molar-refractivity contribution in [2.45, 2.75) is 0 Å². The Morgan fingerprint density at radius 3 is 2.62 bits per heavy atom. The number of nitrogens with zero attached hydrogens (tertiary/aromatic N) is 2. The highest BCUT2D eigenvalue weighted by molar-refractivity contribution is 9.10. The number of carbonyl (C=O) groups is 1. The van der Waals surface area contributed by atoms with Crippen LogP contribution >= 0.6 is 15.9 Å². The van der Waals surface area contributed by atoms with Crippen LogP contribution in [0, 0.1) is 5.82 Å². The second kappa shape index (κ2) is 5.38. The van der Waals surface area contributed by atoms with Crippen LogP contribution in [0.2, 0.25) is 0 Å². The molecule has 21 heavy (non-hydrogen) atoms. The lowest BCUT2D eigenvalue weighted by atomic mass is 10.1. The largest absolute Gasteiger partial charge is 0.388 e. The molecule has 0 aliphatic carbocycles. The molecule has 0 spiro atoms. The number of ketones is 1. The topological polar surface area (TPSA) is 55.1 Å². The molecule has 106 valence electrons. The van der Waals surface area contributed by atoms with Crippen molar-refractivity contribution in [3.8, 4) is 5.69 Å². The number of aliphatic hydroxyl groups excluding tert-OH is 1. The number of carbonyl (C=O) groups excluding carboxylic acids is 1. The van der Waals surface area contributed by atoms with Crippen molar-refractivity contribution in [1.82, 2.24) is 9.78 Å². The van der Waals surface area contributed by atoms with E-state index < -0.39 is 6.61 Å². The number of Topliss-reactive ketones (excluding diaryl/α,β-unsaturated/α-hetero) is 1. The summed E-state index contributed by atoms with van der Waals surface area (Å²) in [4.78, 5) is 11.6. The summed E-state index contributed by atoms with van der Waals surface area (Å²) < 4.78 is 15.3. The Balaban J connectivity index is 2.22. The van der Waals surface area contributed by atoms with Gasteiger partial charge in [-0.25, -0.2) is 9.07 Å². The molecule has 1 N–H and O–H groups in total. The van der Waals surface area contributed by atoms with E-state index in [-0.39, 0.29) is 11.6 Å². The van der Waals surface area contributed by atoms with Crippen LogP contribution in [0.1, 0.15) is 10.4 Å². The highest BCUT2D eigenvalue weighted by Crippen LogP contribution is 2.27. The van der Waals surface area contributed by atoms with E-state index in [2.05, 4.69) is 21.0 Å². The van der Waals surface area contributed by atoms with E-state index in [0.29, 0.717) is 21.4 Å². The molecule has 2 aromatic carbocycles. The molecule has 0 fully saturated rings. The molecule has 0 amide bonds. The van der Waals surface area contributed by atoms with E-state index in [4.69, 9.17) is 5.11 Å². The van der Waals surface area contributed by atoms with Gasteiger partial charge in [0.2, 0.25) is 0 Å². The summed E-state index contributed by atoms with van der Waals surface area (Å²) >= 11 is 3.37. The zero-order valence-corrected chi connectivity index (χ0v) is 12.3. The first-order valence-electron chi connectivity index (χ1n) is 6.18. The Bertz CT molecular complexity index is 828. The normalized spacial score (nSPS) is 11.0. The average Bonchev–Trinajstić information content (AvgIpc) is 2.84. The van der Waals surface area contributed by atoms with Crippen LogP contribution < -0.4 is 0 Å². The van der Waals surface area contributed by atoms with E-state index >= 15 is 0 Å². The van der Waals surface area contributed by atoms with Crippen LogP contribution in [0.4, 0.5) is 4.39 Å². The maximum absolute atomic E-state index is 13.0. The van der Waals surface area contributed by atoms with Gasteiger partial charge in [0.15, 0.2) is 5.78 Å². The van der Waals surface area contributed by atoms with Gasteiger partial charge in [-0.3, -0.25) is 4.79 Å². The van der Waals surface area contributed by atoms with E-state index in [0.717, 1.165) is 5.39 Å². The molecule has 0 bridgehead atoms. The van der Waals surface area contributed by atoms with Crippen LogP contribution in [0.25, 0.3) is 16.6 Å². The third-order valence-corrected chi connectivity index (χ3v) is 3.76. The summed E-state index contributed by atoms with van der Waals surface area (Å²) in [6, 6.07) is 11.0. The number of halogens is 2. The zero-order valence-electron chi connectivity index (χ0n) is 10.8. The maximum atomic E-state index is 13.0. The molecule has 0 atom stereocenters. The lowest BCUT2D eigenvalue weighted by Crippen LogP contribution is -2.04. The predicted molar refractivity (Wildman–Crippen MR) is 80.1 cm³/mol. The van der Waals surface area contributed by atoms with Crippen molar-refractivity contribution in [2.75, 3.05) is 6.61 Å². The van der Waals surface area contributed by atoms with Gasteiger partial charge < -0.3 is 5.11 Å². The summed E-state index contributed by atoms with van der Waals surface area (Å²) in [6.45, 7) is -0.544. The molecule has 0 saturated heterocycles. The molecule has 3 rings (SSSR count). The summed E-state index contributed by atoms with van der Waals surface area (Å²) in [5, 5.41) is 14.1. The van der Waals surface area contributed by atoms with Crippen LogP contribution in [-0.2, 0) is 0 Å². The predicted octanol–water partition coefficient (Wildman–Crippen LogP) is 3.10. The fourth-order valence-corrected chi connectivity index (χ4v) is 2.61. The van der Waals surface area contributed by atoms with E-state index in [1.54, 1.807) is 35.0 Å². The quantitative estimate of drug-likeness (QED) is 0.740. The molecule has 0 aliphatic heterocycles. The van der Waals surface area contributed by atoms with Crippen molar-refractivity contribution >= 4 is 32.6 Å². The molecule has 0 saturated carbocycles. The Morgan fingerprint density at radius 2 is 1.95 bits per heavy atom. The Kier molecular flexibility index (Phi) is 3.57. The molecule has 0 aliphatic rings. The number of fused-ring (bicyclic) bond motifs is 1. The van der Waals surface area contributed by atoms with Gasteiger partial charge >= 0.3 is 0 Å². The Hall–Kier alpha value is -2.05. The van der Waals surface area contributed by atoms with Gasteiger partial charge in [0.05, 0.1) is 11.2 Å². The van der Waals surface area contributed by atoms with Crippen molar-refractivity contribution < 1.29 is 14.3 Å². The summed E-state index contributed by atoms with van der Waals surface area (Å²) in [5.74, 6) is -0.690. The number of hydrogen-bond donors (Lipinski definition) is 1. The average molecular weight is 349 g/mol. The molecule has 3 aromatic rings. The Morgan fingerprint density at radius 1 is 1.24 bits per heavy atom. The highest BCUT2D eigenvalue weighted by atomic mass is 79.9. The minimum atomic E-state index is -0.544. The fraction of sp³-hybridized carbons (Fsp3) is 0.0667. The monoisotopic (exact) mass is 348 g/mol. The number of aliphatic hydroxyl groups is 1. The lowest BCUT2D eigenvalue weighted by Gasteiger charge is -2.04. The third-order valence-electron chi connectivity index (χ3n) is 3.17. The third kappa shape index (κ3) is 2.48. The standard InChI is InChI=1S/C15H10BrFN2O2/c16-15-12-6-1-9(14(21)8-20)7-13(12)19(18-15)11-4-2-10(17)3-5-11/h1-7,20H,8H2. The number of benzene rings is 2. The molecule has 1 aromatic heterocycles. The minimum absolute atomic E-state index is 0.328. The second-order valence-electron chi connectivity index (χ2n) is 4.49. The molecule has 1 heterocycles. The fourth-order valence-electron chi connectivity index (χ4n) is 2.12. The smallest absolute Gasteiger partial charge is 0.188 e. The summed E-state index contributed by atoms with van der Waals surface area (Å²) in [6.07, 6.45) is 0. The minimum Gasteiger partial charge on any atom is -0.388 e. The molecule has 0 unspecified atom stereocenters. The van der Waals surface area contributed by atoms with Crippen molar-refractivity contribution in [3.05, 3.63) is 58.4 Å². The first-order valence-corrected chi connectivity index (χ1v) is 6.98. The lowest BCUT2D eigenvalue weighted by molar-refractivity contribution is 0.0904. The van der Waals surface area contributed by atoms with Crippen LogP contribution in [0.15, 0.2) is 47.1 Å². The summed E-state index contributed by atoms with van der Waals surface area (Å²) in [5.41, 5.74) is 1.79. The van der Waals surface area contributed by atoms with E-state index in [9.17, 15) is 9.18 Å². The van der Waals surface area contributed by atoms with Gasteiger partial charge in [0.1, 0.15) is 17.0 Å². The van der Waals surface area contributed by atoms with E-state index in [1.165, 1.54) is 12.1 Å². The first-order chi connectivity index (χ1) is 10.1. The van der Waals surface area contributed by atoms with Crippen LogP contribution in [0.5, 0.6) is 0 Å². The van der Waals surface area contributed by atoms with Crippen molar-refractivity contribution in [2.24, 2.45) is 0 Å². The zero-order chi connectivity index (χ0) is 15.0. The molecular weight excluding hydrogens is 339 g/mol. The van der Waals surface area contributed by atoms with Gasteiger partial charge in [-0.1, -0.05) is 6.07 Å². The van der Waals surface area contributed by atoms with Crippen LogP contribution in [-0.4, -0.2) is 27.3 Å². The van der Waals surface area contributed by atoms with Gasteiger partial charge in [-0.2, -0.15) is 5.10 Å². The van der Waals surface area contributed by atoms with Gasteiger partial charge in [0.25, 0.3) is 0 Å². The van der Waals surface area contributed by atoms with Crippen LogP contribution in [0.3, 0.4) is 0 Å². The molecule has 4 nitrogen and oxygen atoms in total. The van der Waals surface area contributed by atoms with Gasteiger partial charge in [-0.15, -0.1) is 0 Å². The SMILES string of the molecule is O=C(CO)c1ccc2c(Br)nn(-c3ccc(F)cc3)c2c1. The molecule has 6 heteroatoms. The molecular formula is C15H10BrFN2O2. The maximum Gasteiger partial charge on any atom is 0.188 e. The van der Waals surface area contributed by atoms with Gasteiger partial charge in [0, 0.05) is 10.9 Å². The van der Waals surface area contributed by atoms with Gasteiger partial charge in [-0.05, 0) is 52.3 Å². The Labute approximate surface area is 127 Å². The first kappa shape index (κ1) is 13.9. The second-order valence-corrected chi connectivity index (χ2v) is 5.24. The molecule has 0 radical (unpaired) electrons. The summed E-state index contributed by atoms with van der Waals surface area (Å²) in [7, 11) is 0. The number of hydrogen-bond acceptors (Lipinski definition) is 3.